The fourth-order valence-electron chi connectivity index (χ4n) is 3.25. The van der Waals surface area contributed by atoms with Gasteiger partial charge in [0.15, 0.2) is 4.77 Å². The van der Waals surface area contributed by atoms with Crippen molar-refractivity contribution in [1.82, 2.24) is 14.5 Å². The van der Waals surface area contributed by atoms with Gasteiger partial charge >= 0.3 is 0 Å². The summed E-state index contributed by atoms with van der Waals surface area (Å²) in [6.45, 7) is 3.79. The van der Waals surface area contributed by atoms with Crippen LogP contribution < -0.4 is 5.56 Å². The van der Waals surface area contributed by atoms with Gasteiger partial charge in [-0.2, -0.15) is 0 Å². The van der Waals surface area contributed by atoms with Crippen molar-refractivity contribution < 1.29 is 14.9 Å². The first-order valence-electron chi connectivity index (χ1n) is 8.32. The van der Waals surface area contributed by atoms with Crippen LogP contribution in [0.3, 0.4) is 0 Å². The van der Waals surface area contributed by atoms with Crippen LogP contribution in [0.5, 0.6) is 11.6 Å². The van der Waals surface area contributed by atoms with E-state index in [-0.39, 0.29) is 28.6 Å². The lowest BCUT2D eigenvalue weighted by molar-refractivity contribution is 0.0892. The van der Waals surface area contributed by atoms with Crippen LogP contribution in [0.2, 0.25) is 0 Å². The smallest absolute Gasteiger partial charge is 0.261 e. The third-order valence-electron chi connectivity index (χ3n) is 4.70. The Kier molecular flexibility index (Phi) is 4.09. The zero-order valence-corrected chi connectivity index (χ0v) is 15.5. The highest BCUT2D eigenvalue weighted by atomic mass is 32.1. The lowest BCUT2D eigenvalue weighted by atomic mass is 10.00. The van der Waals surface area contributed by atoms with E-state index in [4.69, 9.17) is 17.0 Å². The molecule has 1 atom stereocenters. The Labute approximate surface area is 159 Å². The van der Waals surface area contributed by atoms with Crippen molar-refractivity contribution in [2.24, 2.45) is 0 Å². The van der Waals surface area contributed by atoms with Crippen LogP contribution in [0.25, 0.3) is 5.69 Å². The van der Waals surface area contributed by atoms with E-state index in [1.54, 1.807) is 25.3 Å². The molecule has 4 rings (SSSR count). The summed E-state index contributed by atoms with van der Waals surface area (Å²) in [4.78, 5) is 19.3. The summed E-state index contributed by atoms with van der Waals surface area (Å²) in [6.07, 6.45) is 0.684. The SMILES string of the molecule is Cc1ccc(-n2c(O)c([C@@H]3OCc4cnc(C)c(O)c43)c(=O)[nH]c2=S)cc1. The Morgan fingerprint density at radius 1 is 1.22 bits per heavy atom. The fraction of sp³-hybridized carbons (Fsp3) is 0.211. The highest BCUT2D eigenvalue weighted by Crippen LogP contribution is 2.43. The van der Waals surface area contributed by atoms with Gasteiger partial charge in [-0.15, -0.1) is 0 Å². The van der Waals surface area contributed by atoms with Gasteiger partial charge in [0.1, 0.15) is 17.4 Å². The third kappa shape index (κ3) is 2.73. The van der Waals surface area contributed by atoms with Gasteiger partial charge in [0.05, 0.1) is 18.0 Å². The molecular formula is C19H17N3O4S. The molecule has 0 saturated heterocycles. The summed E-state index contributed by atoms with van der Waals surface area (Å²) in [7, 11) is 0. The van der Waals surface area contributed by atoms with Crippen LogP contribution in [0.1, 0.15) is 34.1 Å². The van der Waals surface area contributed by atoms with Gasteiger partial charge < -0.3 is 14.9 Å². The van der Waals surface area contributed by atoms with Crippen LogP contribution in [-0.4, -0.2) is 24.7 Å². The second-order valence-corrected chi connectivity index (χ2v) is 6.88. The Bertz CT molecular complexity index is 1170. The molecule has 1 aliphatic heterocycles. The molecule has 3 N–H and O–H groups in total. The molecule has 0 bridgehead atoms. The second-order valence-electron chi connectivity index (χ2n) is 6.49. The number of rotatable bonds is 2. The number of ether oxygens (including phenoxy) is 1. The first kappa shape index (κ1) is 17.4. The zero-order valence-electron chi connectivity index (χ0n) is 14.7. The predicted octanol–water partition coefficient (Wildman–Crippen LogP) is 2.94. The minimum atomic E-state index is -0.919. The second kappa shape index (κ2) is 6.33. The molecule has 0 radical (unpaired) electrons. The van der Waals surface area contributed by atoms with Crippen molar-refractivity contribution in [3.63, 3.8) is 0 Å². The Balaban J connectivity index is 1.96. The van der Waals surface area contributed by atoms with Gasteiger partial charge in [0, 0.05) is 17.3 Å². The van der Waals surface area contributed by atoms with E-state index in [2.05, 4.69) is 9.97 Å². The van der Waals surface area contributed by atoms with Crippen LogP contribution in [0.4, 0.5) is 0 Å². The summed E-state index contributed by atoms with van der Waals surface area (Å²) in [5, 5.41) is 21.4. The molecule has 7 nitrogen and oxygen atoms in total. The van der Waals surface area contributed by atoms with Crippen LogP contribution in [-0.2, 0) is 11.3 Å². The van der Waals surface area contributed by atoms with Crippen molar-refractivity contribution in [3.8, 4) is 17.3 Å². The lowest BCUT2D eigenvalue weighted by Gasteiger charge is -2.18. The number of nitrogens with one attached hydrogen (secondary N) is 1. The Hall–Kier alpha value is -2.97. The van der Waals surface area contributed by atoms with Crippen LogP contribution in [0, 0.1) is 18.6 Å². The first-order chi connectivity index (χ1) is 12.9. The van der Waals surface area contributed by atoms with E-state index >= 15 is 0 Å². The van der Waals surface area contributed by atoms with E-state index in [0.717, 1.165) is 5.56 Å². The van der Waals surface area contributed by atoms with Gasteiger partial charge in [0.2, 0.25) is 5.88 Å². The van der Waals surface area contributed by atoms with Gasteiger partial charge in [-0.25, -0.2) is 0 Å². The van der Waals surface area contributed by atoms with Crippen LogP contribution >= 0.6 is 12.2 Å². The quantitative estimate of drug-likeness (QED) is 0.589. The summed E-state index contributed by atoms with van der Waals surface area (Å²) < 4.78 is 7.17. The van der Waals surface area contributed by atoms with Gasteiger partial charge in [-0.3, -0.25) is 19.3 Å². The highest BCUT2D eigenvalue weighted by molar-refractivity contribution is 7.71. The molecule has 3 heterocycles. The number of aromatic nitrogens is 3. The van der Waals surface area contributed by atoms with Gasteiger partial charge in [-0.05, 0) is 38.2 Å². The van der Waals surface area contributed by atoms with E-state index in [0.29, 0.717) is 22.5 Å². The number of hydrogen-bond donors (Lipinski definition) is 3. The van der Waals surface area contributed by atoms with E-state index in [9.17, 15) is 15.0 Å². The average molecular weight is 383 g/mol. The molecule has 2 aromatic heterocycles. The Morgan fingerprint density at radius 2 is 1.93 bits per heavy atom. The maximum Gasteiger partial charge on any atom is 0.261 e. The van der Waals surface area contributed by atoms with Crippen molar-refractivity contribution in [2.45, 2.75) is 26.6 Å². The number of pyridine rings is 1. The zero-order chi connectivity index (χ0) is 19.3. The molecule has 3 aromatic rings. The number of nitrogens with zero attached hydrogens (tertiary/aromatic N) is 2. The molecule has 1 aromatic carbocycles. The van der Waals surface area contributed by atoms with Crippen molar-refractivity contribution >= 4 is 12.2 Å². The van der Waals surface area contributed by atoms with Crippen molar-refractivity contribution in [2.75, 3.05) is 0 Å². The summed E-state index contributed by atoms with van der Waals surface area (Å²) >= 11 is 5.25. The van der Waals surface area contributed by atoms with Gasteiger partial charge in [-0.1, -0.05) is 17.7 Å². The lowest BCUT2D eigenvalue weighted by Crippen LogP contribution is -2.21. The number of hydrogen-bond acceptors (Lipinski definition) is 6. The number of fused-ring (bicyclic) bond motifs is 1. The molecule has 0 unspecified atom stereocenters. The monoisotopic (exact) mass is 383 g/mol. The number of aromatic hydroxyl groups is 2. The average Bonchev–Trinajstić information content (AvgIpc) is 3.04. The molecule has 138 valence electrons. The van der Waals surface area contributed by atoms with Gasteiger partial charge in [0.25, 0.3) is 5.56 Å². The standard InChI is InChI=1S/C19H17N3O4S/c1-9-3-5-12(6-4-9)22-18(25)14(17(24)21-19(22)27)16-13-11(8-26-16)7-20-10(2)15(13)23/h3-7,16,23,25H,8H2,1-2H3,(H,21,24,27)/t16-/m1/s1. The maximum atomic E-state index is 12.6. The van der Waals surface area contributed by atoms with Crippen LogP contribution in [0.15, 0.2) is 35.3 Å². The van der Waals surface area contributed by atoms with E-state index in [1.165, 1.54) is 4.57 Å². The minimum absolute atomic E-state index is 0.0103. The Morgan fingerprint density at radius 3 is 2.63 bits per heavy atom. The molecule has 0 spiro atoms. The first-order valence-corrected chi connectivity index (χ1v) is 8.73. The molecule has 0 fully saturated rings. The highest BCUT2D eigenvalue weighted by Gasteiger charge is 2.34. The van der Waals surface area contributed by atoms with E-state index < -0.39 is 11.7 Å². The number of benzene rings is 1. The number of aryl methyl sites for hydroxylation is 2. The molecule has 1 aliphatic rings. The summed E-state index contributed by atoms with van der Waals surface area (Å²) in [5.74, 6) is -0.363. The molecular weight excluding hydrogens is 366 g/mol. The van der Waals surface area contributed by atoms with E-state index in [1.807, 2.05) is 19.1 Å². The number of H-pyrrole nitrogens is 1. The minimum Gasteiger partial charge on any atom is -0.506 e. The maximum absolute atomic E-state index is 12.6. The van der Waals surface area contributed by atoms with Crippen molar-refractivity contribution in [3.05, 3.63) is 73.5 Å². The third-order valence-corrected chi connectivity index (χ3v) is 4.99. The number of aromatic amines is 1. The molecule has 0 saturated carbocycles. The summed E-state index contributed by atoms with van der Waals surface area (Å²) in [6, 6.07) is 7.34. The normalized spacial score (nSPS) is 15.7. The molecule has 8 heteroatoms. The topological polar surface area (TPSA) is 100 Å². The largest absolute Gasteiger partial charge is 0.506 e. The molecule has 0 amide bonds. The fourth-order valence-corrected chi connectivity index (χ4v) is 3.54. The molecule has 0 aliphatic carbocycles. The molecule has 27 heavy (non-hydrogen) atoms. The van der Waals surface area contributed by atoms with Crippen molar-refractivity contribution in [1.29, 1.82) is 0 Å². The summed E-state index contributed by atoms with van der Waals surface area (Å²) in [5.41, 5.74) is 2.62. The predicted molar refractivity (Wildman–Crippen MR) is 101 cm³/mol.